The van der Waals surface area contributed by atoms with Crippen LogP contribution in [0.15, 0.2) is 71.6 Å². The van der Waals surface area contributed by atoms with Crippen LogP contribution in [0.4, 0.5) is 0 Å². The summed E-state index contributed by atoms with van der Waals surface area (Å²) >= 11 is 14.1. The van der Waals surface area contributed by atoms with Crippen LogP contribution in [0, 0.1) is 0 Å². The maximum atomic E-state index is 12.5. The lowest BCUT2D eigenvalue weighted by Crippen LogP contribution is -2.28. The van der Waals surface area contributed by atoms with Gasteiger partial charge in [0.25, 0.3) is 0 Å². The van der Waals surface area contributed by atoms with E-state index in [1.807, 2.05) is 62.4 Å². The molecular formula is C27H28Cl2N2O2S. The number of carbonyl (C=O) groups excluding carboxylic acids is 1. The van der Waals surface area contributed by atoms with E-state index in [2.05, 4.69) is 12.1 Å². The van der Waals surface area contributed by atoms with Crippen LogP contribution >= 0.6 is 35.0 Å². The van der Waals surface area contributed by atoms with E-state index in [-0.39, 0.29) is 5.91 Å². The van der Waals surface area contributed by atoms with Crippen molar-refractivity contribution in [2.45, 2.75) is 30.9 Å². The molecule has 0 aliphatic heterocycles. The van der Waals surface area contributed by atoms with Crippen LogP contribution in [0.5, 0.6) is 5.75 Å². The van der Waals surface area contributed by atoms with Gasteiger partial charge in [-0.1, -0.05) is 59.6 Å². The Morgan fingerprint density at radius 3 is 2.38 bits per heavy atom. The quantitative estimate of drug-likeness (QED) is 0.200. The van der Waals surface area contributed by atoms with E-state index >= 15 is 0 Å². The molecular weight excluding hydrogens is 487 g/mol. The zero-order valence-electron chi connectivity index (χ0n) is 19.3. The molecule has 0 fully saturated rings. The number of amides is 1. The van der Waals surface area contributed by atoms with Gasteiger partial charge in [-0.3, -0.25) is 4.79 Å². The van der Waals surface area contributed by atoms with Crippen molar-refractivity contribution in [3.05, 3.63) is 93.7 Å². The Hall–Kier alpha value is -2.47. The zero-order chi connectivity index (χ0) is 24.3. The number of hydrogen-bond acceptors (Lipinski definition) is 4. The molecule has 0 bridgehead atoms. The van der Waals surface area contributed by atoms with E-state index in [4.69, 9.17) is 32.9 Å². The summed E-state index contributed by atoms with van der Waals surface area (Å²) in [6.07, 6.45) is 4.07. The number of aromatic nitrogens is 1. The van der Waals surface area contributed by atoms with Crippen molar-refractivity contribution < 1.29 is 9.53 Å². The topological polar surface area (TPSA) is 42.4 Å². The van der Waals surface area contributed by atoms with Gasteiger partial charge in [-0.2, -0.15) is 0 Å². The lowest BCUT2D eigenvalue weighted by molar-refractivity contribution is -0.125. The van der Waals surface area contributed by atoms with Crippen molar-refractivity contribution in [3.8, 4) is 5.75 Å². The first-order valence-corrected chi connectivity index (χ1v) is 13.0. The average molecular weight is 516 g/mol. The normalized spacial score (nSPS) is 11.1. The molecule has 34 heavy (non-hydrogen) atoms. The Kier molecular flexibility index (Phi) is 10.3. The molecule has 0 aliphatic rings. The molecule has 3 rings (SSSR count). The summed E-state index contributed by atoms with van der Waals surface area (Å²) in [7, 11) is 0. The van der Waals surface area contributed by atoms with Crippen molar-refractivity contribution in [2.24, 2.45) is 0 Å². The second-order valence-corrected chi connectivity index (χ2v) is 9.25. The Labute approximate surface area is 215 Å². The molecule has 0 spiro atoms. The number of halogens is 2. The molecule has 7 heteroatoms. The number of ether oxygens (including phenoxy) is 1. The minimum absolute atomic E-state index is 0.0512. The predicted molar refractivity (Wildman–Crippen MR) is 143 cm³/mol. The fourth-order valence-corrected chi connectivity index (χ4v) is 4.90. The molecule has 2 aromatic carbocycles. The molecule has 0 saturated carbocycles. The van der Waals surface area contributed by atoms with Gasteiger partial charge in [0.2, 0.25) is 5.91 Å². The lowest BCUT2D eigenvalue weighted by atomic mass is 10.2. The minimum atomic E-state index is -0.0512. The van der Waals surface area contributed by atoms with Gasteiger partial charge in [-0.25, -0.2) is 4.98 Å². The first-order chi connectivity index (χ1) is 16.5. The first kappa shape index (κ1) is 26.1. The zero-order valence-corrected chi connectivity index (χ0v) is 21.7. The molecule has 0 radical (unpaired) electrons. The van der Waals surface area contributed by atoms with E-state index in [1.165, 1.54) is 17.3 Å². The Morgan fingerprint density at radius 1 is 1.00 bits per heavy atom. The van der Waals surface area contributed by atoms with E-state index < -0.39 is 0 Å². The first-order valence-electron chi connectivity index (χ1n) is 11.2. The van der Waals surface area contributed by atoms with Gasteiger partial charge in [0.05, 0.1) is 22.3 Å². The monoisotopic (exact) mass is 514 g/mol. The number of pyridine rings is 1. The lowest BCUT2D eigenvalue weighted by Gasteiger charge is -2.16. The molecule has 4 nitrogen and oxygen atoms in total. The molecule has 3 aromatic rings. The Bertz CT molecular complexity index is 1100. The number of carbonyl (C=O) groups is 1. The third-order valence-corrected chi connectivity index (χ3v) is 7.20. The predicted octanol–water partition coefficient (Wildman–Crippen LogP) is 7.18. The van der Waals surface area contributed by atoms with Gasteiger partial charge in [-0.15, -0.1) is 11.8 Å². The fraction of sp³-hybridized carbons (Fsp3) is 0.259. The van der Waals surface area contributed by atoms with Gasteiger partial charge in [0.1, 0.15) is 11.4 Å². The average Bonchev–Trinajstić information content (AvgIpc) is 2.85. The fourth-order valence-electron chi connectivity index (χ4n) is 3.31. The summed E-state index contributed by atoms with van der Waals surface area (Å²) in [4.78, 5) is 19.8. The Balaban J connectivity index is 1.77. The molecule has 1 aromatic heterocycles. The summed E-state index contributed by atoms with van der Waals surface area (Å²) in [5.41, 5.74) is 2.66. The van der Waals surface area contributed by atoms with E-state index in [1.54, 1.807) is 17.1 Å². The maximum Gasteiger partial charge on any atom is 0.246 e. The smallest absolute Gasteiger partial charge is 0.246 e. The molecule has 178 valence electrons. The van der Waals surface area contributed by atoms with Crippen LogP contribution in [-0.4, -0.2) is 35.5 Å². The third-order valence-electron chi connectivity index (χ3n) is 5.18. The van der Waals surface area contributed by atoms with Crippen molar-refractivity contribution in [2.75, 3.05) is 19.7 Å². The highest BCUT2D eigenvalue weighted by Crippen LogP contribution is 2.35. The highest BCUT2D eigenvalue weighted by molar-refractivity contribution is 7.98. The third kappa shape index (κ3) is 7.52. The minimum Gasteiger partial charge on any atom is -0.491 e. The van der Waals surface area contributed by atoms with Crippen LogP contribution in [-0.2, 0) is 17.0 Å². The molecule has 1 amide bonds. The van der Waals surface area contributed by atoms with Gasteiger partial charge in [0.15, 0.2) is 0 Å². The van der Waals surface area contributed by atoms with Crippen LogP contribution in [0.2, 0.25) is 10.0 Å². The molecule has 0 saturated heterocycles. The second kappa shape index (κ2) is 13.4. The van der Waals surface area contributed by atoms with E-state index in [9.17, 15) is 4.79 Å². The summed E-state index contributed by atoms with van der Waals surface area (Å²) in [5.74, 6) is 1.17. The van der Waals surface area contributed by atoms with E-state index in [0.717, 1.165) is 17.0 Å². The maximum absolute atomic E-state index is 12.5. The summed E-state index contributed by atoms with van der Waals surface area (Å²) < 4.78 is 6.05. The second-order valence-electron chi connectivity index (χ2n) is 7.45. The van der Waals surface area contributed by atoms with Gasteiger partial charge < -0.3 is 9.64 Å². The SMILES string of the molecule is CCN(CC)C(=O)/C=C/c1nc(CSc2c(Cl)cccc2Cl)ccc1OCCc1ccccc1. The van der Waals surface area contributed by atoms with Crippen LogP contribution in [0.3, 0.4) is 0 Å². The summed E-state index contributed by atoms with van der Waals surface area (Å²) in [6, 6.07) is 19.5. The summed E-state index contributed by atoms with van der Waals surface area (Å²) in [6.45, 7) is 5.75. The largest absolute Gasteiger partial charge is 0.491 e. The molecule has 0 aliphatic carbocycles. The van der Waals surface area contributed by atoms with Gasteiger partial charge in [-0.05, 0) is 49.8 Å². The molecule has 0 unspecified atom stereocenters. The van der Waals surface area contributed by atoms with Crippen LogP contribution in [0.1, 0.15) is 30.8 Å². The number of thioether (sulfide) groups is 1. The number of hydrogen-bond donors (Lipinski definition) is 0. The van der Waals surface area contributed by atoms with Crippen molar-refractivity contribution in [1.29, 1.82) is 0 Å². The van der Waals surface area contributed by atoms with Crippen LogP contribution < -0.4 is 4.74 Å². The number of benzene rings is 2. The standard InChI is InChI=1S/C27H28Cl2N2O2S/c1-3-31(4-2)26(32)16-14-24-25(33-18-17-20-9-6-5-7-10-20)15-13-21(30-24)19-34-27-22(28)11-8-12-23(27)29/h5-16H,3-4,17-19H2,1-2H3/b16-14+. The van der Waals surface area contributed by atoms with Gasteiger partial charge in [0, 0.05) is 36.2 Å². The number of rotatable bonds is 11. The highest BCUT2D eigenvalue weighted by Gasteiger charge is 2.11. The van der Waals surface area contributed by atoms with E-state index in [0.29, 0.717) is 46.9 Å². The molecule has 1 heterocycles. The number of nitrogens with zero attached hydrogens (tertiary/aromatic N) is 2. The number of likely N-dealkylation sites (N-methyl/N-ethyl adjacent to an activating group) is 1. The Morgan fingerprint density at radius 2 is 1.71 bits per heavy atom. The van der Waals surface area contributed by atoms with Gasteiger partial charge >= 0.3 is 0 Å². The van der Waals surface area contributed by atoms with Crippen LogP contribution in [0.25, 0.3) is 6.08 Å². The van der Waals surface area contributed by atoms with Crippen molar-refractivity contribution >= 4 is 46.9 Å². The van der Waals surface area contributed by atoms with Crippen molar-refractivity contribution in [3.63, 3.8) is 0 Å². The summed E-state index contributed by atoms with van der Waals surface area (Å²) in [5, 5.41) is 1.23. The molecule has 0 N–H and O–H groups in total. The van der Waals surface area contributed by atoms with Crippen molar-refractivity contribution in [1.82, 2.24) is 9.88 Å². The molecule has 0 atom stereocenters. The highest BCUT2D eigenvalue weighted by atomic mass is 35.5.